The summed E-state index contributed by atoms with van der Waals surface area (Å²) in [6.07, 6.45) is -2.34. The molecule has 72 valence electrons. The maximum atomic E-state index is 12.6. The predicted molar refractivity (Wildman–Crippen MR) is 44.7 cm³/mol. The fourth-order valence-corrected chi connectivity index (χ4v) is 0.778. The van der Waals surface area contributed by atoms with Gasteiger partial charge in [-0.05, 0) is 19.1 Å². The van der Waals surface area contributed by atoms with Crippen LogP contribution in [0.3, 0.4) is 0 Å². The molecule has 0 aromatic heterocycles. The summed E-state index contributed by atoms with van der Waals surface area (Å²) >= 11 is 0. The van der Waals surface area contributed by atoms with Crippen LogP contribution in [0.2, 0.25) is 0 Å². The molecule has 2 N–H and O–H groups in total. The van der Waals surface area contributed by atoms with Crippen molar-refractivity contribution in [2.75, 3.05) is 0 Å². The zero-order valence-corrected chi connectivity index (χ0v) is 7.14. The van der Waals surface area contributed by atoms with Gasteiger partial charge in [-0.25, -0.2) is 4.39 Å². The van der Waals surface area contributed by atoms with Gasteiger partial charge in [0.1, 0.15) is 17.7 Å². The van der Waals surface area contributed by atoms with Gasteiger partial charge in [-0.2, -0.15) is 0 Å². The van der Waals surface area contributed by atoms with Crippen molar-refractivity contribution in [2.45, 2.75) is 19.3 Å². The van der Waals surface area contributed by atoms with Crippen LogP contribution in [-0.4, -0.2) is 22.6 Å². The zero-order valence-electron chi connectivity index (χ0n) is 7.14. The summed E-state index contributed by atoms with van der Waals surface area (Å²) in [6.45, 7) is 1.38. The van der Waals surface area contributed by atoms with E-state index in [-0.39, 0.29) is 5.75 Å². The Kier molecular flexibility index (Phi) is 3.22. The van der Waals surface area contributed by atoms with Crippen LogP contribution in [0, 0.1) is 5.82 Å². The summed E-state index contributed by atoms with van der Waals surface area (Å²) in [4.78, 5) is 0. The highest BCUT2D eigenvalue weighted by Crippen LogP contribution is 2.13. The van der Waals surface area contributed by atoms with Crippen molar-refractivity contribution in [1.29, 1.82) is 0 Å². The van der Waals surface area contributed by atoms with Crippen LogP contribution in [0.1, 0.15) is 6.92 Å². The topological polar surface area (TPSA) is 49.7 Å². The average molecular weight is 186 g/mol. The third-order valence-corrected chi connectivity index (χ3v) is 1.47. The monoisotopic (exact) mass is 186 g/mol. The normalized spacial score (nSPS) is 15.1. The van der Waals surface area contributed by atoms with Crippen LogP contribution in [0.5, 0.6) is 5.75 Å². The molecule has 3 nitrogen and oxygen atoms in total. The molecule has 0 aliphatic heterocycles. The van der Waals surface area contributed by atoms with Crippen molar-refractivity contribution in [3.8, 4) is 5.75 Å². The van der Waals surface area contributed by atoms with E-state index in [1.165, 1.54) is 25.1 Å². The van der Waals surface area contributed by atoms with Crippen LogP contribution >= 0.6 is 0 Å². The molecule has 0 radical (unpaired) electrons. The molecule has 0 saturated heterocycles. The summed E-state index contributed by atoms with van der Waals surface area (Å²) < 4.78 is 17.4. The first kappa shape index (κ1) is 9.95. The Hall–Kier alpha value is -1.13. The van der Waals surface area contributed by atoms with E-state index in [1.807, 2.05) is 0 Å². The highest BCUT2D eigenvalue weighted by Gasteiger charge is 2.12. The van der Waals surface area contributed by atoms with Crippen LogP contribution in [0.25, 0.3) is 0 Å². The fraction of sp³-hybridized carbons (Fsp3) is 0.333. The van der Waals surface area contributed by atoms with Crippen molar-refractivity contribution in [3.63, 3.8) is 0 Å². The molecule has 0 spiro atoms. The van der Waals surface area contributed by atoms with E-state index in [1.54, 1.807) is 0 Å². The Morgan fingerprint density at radius 2 is 2.08 bits per heavy atom. The number of aliphatic hydroxyl groups excluding tert-OH is 2. The quantitative estimate of drug-likeness (QED) is 0.689. The molecule has 2 unspecified atom stereocenters. The molecule has 0 fully saturated rings. The van der Waals surface area contributed by atoms with Gasteiger partial charge < -0.3 is 14.9 Å². The van der Waals surface area contributed by atoms with Crippen LogP contribution in [-0.2, 0) is 0 Å². The van der Waals surface area contributed by atoms with Gasteiger partial charge in [0.2, 0.25) is 6.29 Å². The summed E-state index contributed by atoms with van der Waals surface area (Å²) in [6, 6.07) is 5.35. The van der Waals surface area contributed by atoms with E-state index >= 15 is 0 Å². The molecule has 0 bridgehead atoms. The molecule has 1 aromatic rings. The number of ether oxygens (including phenoxy) is 1. The van der Waals surface area contributed by atoms with Crippen LogP contribution in [0.4, 0.5) is 4.39 Å². The average Bonchev–Trinajstić information content (AvgIpc) is 2.04. The second-order valence-corrected chi connectivity index (χ2v) is 2.71. The first-order valence-electron chi connectivity index (χ1n) is 3.88. The van der Waals surface area contributed by atoms with E-state index in [2.05, 4.69) is 0 Å². The zero-order chi connectivity index (χ0) is 9.84. The molecule has 0 amide bonds. The van der Waals surface area contributed by atoms with Gasteiger partial charge in [-0.3, -0.25) is 0 Å². The Labute approximate surface area is 75.4 Å². The second-order valence-electron chi connectivity index (χ2n) is 2.71. The highest BCUT2D eigenvalue weighted by molar-refractivity contribution is 5.22. The van der Waals surface area contributed by atoms with E-state index in [0.717, 1.165) is 6.07 Å². The number of benzene rings is 1. The van der Waals surface area contributed by atoms with Crippen LogP contribution < -0.4 is 4.74 Å². The molecule has 0 aliphatic carbocycles. The van der Waals surface area contributed by atoms with Gasteiger partial charge in [0.15, 0.2) is 0 Å². The van der Waals surface area contributed by atoms with Gasteiger partial charge in [-0.15, -0.1) is 0 Å². The molecule has 1 aromatic carbocycles. The summed E-state index contributed by atoms with van der Waals surface area (Å²) in [5.74, 6) is -0.260. The van der Waals surface area contributed by atoms with Gasteiger partial charge in [0.25, 0.3) is 0 Å². The summed E-state index contributed by atoms with van der Waals surface area (Å²) in [5.41, 5.74) is 0. The molecular weight excluding hydrogens is 175 g/mol. The molecular formula is C9H11FO3. The Bertz CT molecular complexity index is 275. The van der Waals surface area contributed by atoms with Crippen molar-refractivity contribution >= 4 is 0 Å². The number of hydrogen-bond acceptors (Lipinski definition) is 3. The van der Waals surface area contributed by atoms with E-state index in [9.17, 15) is 4.39 Å². The predicted octanol–water partition coefficient (Wildman–Crippen LogP) is 0.904. The number of aliphatic hydroxyl groups is 2. The Morgan fingerprint density at radius 1 is 1.38 bits per heavy atom. The SMILES string of the molecule is CC(O)C(O)Oc1cccc(F)c1. The lowest BCUT2D eigenvalue weighted by atomic mass is 10.3. The molecule has 2 atom stereocenters. The molecule has 4 heteroatoms. The number of halogens is 1. The molecule has 13 heavy (non-hydrogen) atoms. The summed E-state index contributed by atoms with van der Waals surface area (Å²) in [7, 11) is 0. The second kappa shape index (κ2) is 4.20. The van der Waals surface area contributed by atoms with Crippen molar-refractivity contribution in [1.82, 2.24) is 0 Å². The van der Waals surface area contributed by atoms with Crippen molar-refractivity contribution < 1.29 is 19.3 Å². The van der Waals surface area contributed by atoms with E-state index < -0.39 is 18.2 Å². The Balaban J connectivity index is 2.64. The van der Waals surface area contributed by atoms with Gasteiger partial charge >= 0.3 is 0 Å². The smallest absolute Gasteiger partial charge is 0.223 e. The maximum absolute atomic E-state index is 12.6. The van der Waals surface area contributed by atoms with Crippen molar-refractivity contribution in [2.24, 2.45) is 0 Å². The van der Waals surface area contributed by atoms with Crippen molar-refractivity contribution in [3.05, 3.63) is 30.1 Å². The molecule has 0 heterocycles. The van der Waals surface area contributed by atoms with Gasteiger partial charge in [-0.1, -0.05) is 6.07 Å². The highest BCUT2D eigenvalue weighted by atomic mass is 19.1. The standard InChI is InChI=1S/C9H11FO3/c1-6(11)9(12)13-8-4-2-3-7(10)5-8/h2-6,9,11-12H,1H3. The lowest BCUT2D eigenvalue weighted by molar-refractivity contribution is -0.0960. The third-order valence-electron chi connectivity index (χ3n) is 1.47. The lowest BCUT2D eigenvalue weighted by Crippen LogP contribution is -2.28. The largest absolute Gasteiger partial charge is 0.462 e. The number of rotatable bonds is 3. The first-order chi connectivity index (χ1) is 6.09. The molecule has 1 rings (SSSR count). The maximum Gasteiger partial charge on any atom is 0.223 e. The van der Waals surface area contributed by atoms with E-state index in [4.69, 9.17) is 14.9 Å². The Morgan fingerprint density at radius 3 is 2.62 bits per heavy atom. The van der Waals surface area contributed by atoms with Gasteiger partial charge in [0, 0.05) is 6.07 Å². The molecule has 0 saturated carbocycles. The minimum Gasteiger partial charge on any atom is -0.462 e. The fourth-order valence-electron chi connectivity index (χ4n) is 0.778. The van der Waals surface area contributed by atoms with Gasteiger partial charge in [0.05, 0.1) is 0 Å². The van der Waals surface area contributed by atoms with E-state index in [0.29, 0.717) is 0 Å². The summed E-state index contributed by atoms with van der Waals surface area (Å²) in [5, 5.41) is 18.0. The van der Waals surface area contributed by atoms with Crippen LogP contribution in [0.15, 0.2) is 24.3 Å². The lowest BCUT2D eigenvalue weighted by Gasteiger charge is -2.15. The first-order valence-corrected chi connectivity index (χ1v) is 3.88. The number of hydrogen-bond donors (Lipinski definition) is 2. The molecule has 0 aliphatic rings. The minimum absolute atomic E-state index is 0.188. The third kappa shape index (κ3) is 3.01. The minimum atomic E-state index is -1.33.